The SMILES string of the molecule is CCc1ccc(N(CCCC(=O)N2CCN(CC)CC2)S(C)(=O)=O)cc1. The third-order valence-corrected chi connectivity index (χ3v) is 6.15. The molecular formula is C19H31N3O3S. The molecule has 0 N–H and O–H groups in total. The van der Waals surface area contributed by atoms with E-state index >= 15 is 0 Å². The Balaban J connectivity index is 1.90. The standard InChI is InChI=1S/C19H31N3O3S/c1-4-17-8-10-18(11-9-17)22(26(3,24)25)12-6-7-19(23)21-15-13-20(5-2)14-16-21/h8-11H,4-7,12-16H2,1-3H3. The van der Waals surface area contributed by atoms with Crippen molar-refractivity contribution in [1.82, 2.24) is 9.80 Å². The van der Waals surface area contributed by atoms with Crippen molar-refractivity contribution in [3.63, 3.8) is 0 Å². The molecule has 1 aliphatic rings. The van der Waals surface area contributed by atoms with Gasteiger partial charge in [0.25, 0.3) is 0 Å². The first kappa shape index (κ1) is 20.7. The van der Waals surface area contributed by atoms with Gasteiger partial charge in [0, 0.05) is 39.1 Å². The first-order valence-electron chi connectivity index (χ1n) is 9.42. The number of benzene rings is 1. The third kappa shape index (κ3) is 5.71. The molecule has 0 radical (unpaired) electrons. The number of aryl methyl sites for hydroxylation is 1. The molecule has 0 spiro atoms. The number of hydrogen-bond donors (Lipinski definition) is 0. The number of hydrogen-bond acceptors (Lipinski definition) is 4. The van der Waals surface area contributed by atoms with Crippen LogP contribution < -0.4 is 4.31 Å². The predicted molar refractivity (Wildman–Crippen MR) is 106 cm³/mol. The zero-order valence-corrected chi connectivity index (χ0v) is 17.0. The van der Waals surface area contributed by atoms with Gasteiger partial charge in [0.2, 0.25) is 15.9 Å². The first-order valence-corrected chi connectivity index (χ1v) is 11.3. The summed E-state index contributed by atoms with van der Waals surface area (Å²) in [7, 11) is -3.37. The van der Waals surface area contributed by atoms with Crippen molar-refractivity contribution in [2.24, 2.45) is 0 Å². The van der Waals surface area contributed by atoms with Crippen LogP contribution in [0.15, 0.2) is 24.3 Å². The minimum atomic E-state index is -3.37. The van der Waals surface area contributed by atoms with Crippen LogP contribution in [0.25, 0.3) is 0 Å². The topological polar surface area (TPSA) is 60.9 Å². The average Bonchev–Trinajstić information content (AvgIpc) is 2.64. The Bertz CT molecular complexity index is 680. The lowest BCUT2D eigenvalue weighted by molar-refractivity contribution is -0.132. The Morgan fingerprint density at radius 2 is 1.69 bits per heavy atom. The van der Waals surface area contributed by atoms with Crippen molar-refractivity contribution in [3.05, 3.63) is 29.8 Å². The van der Waals surface area contributed by atoms with Crippen LogP contribution in [-0.2, 0) is 21.2 Å². The maximum atomic E-state index is 12.4. The van der Waals surface area contributed by atoms with Gasteiger partial charge in [0.1, 0.15) is 0 Å². The molecule has 1 heterocycles. The monoisotopic (exact) mass is 381 g/mol. The normalized spacial score (nSPS) is 15.9. The second kappa shape index (κ2) is 9.37. The van der Waals surface area contributed by atoms with E-state index in [1.54, 1.807) is 0 Å². The summed E-state index contributed by atoms with van der Waals surface area (Å²) in [5.41, 5.74) is 1.83. The van der Waals surface area contributed by atoms with E-state index in [1.807, 2.05) is 29.2 Å². The van der Waals surface area contributed by atoms with Crippen molar-refractivity contribution < 1.29 is 13.2 Å². The molecule has 1 saturated heterocycles. The number of anilines is 1. The number of carbonyl (C=O) groups excluding carboxylic acids is 1. The van der Waals surface area contributed by atoms with Crippen LogP contribution in [0.3, 0.4) is 0 Å². The number of amides is 1. The highest BCUT2D eigenvalue weighted by molar-refractivity contribution is 7.92. The van der Waals surface area contributed by atoms with E-state index in [-0.39, 0.29) is 5.91 Å². The molecule has 7 heteroatoms. The minimum absolute atomic E-state index is 0.121. The van der Waals surface area contributed by atoms with Crippen LogP contribution in [0.4, 0.5) is 5.69 Å². The highest BCUT2D eigenvalue weighted by Crippen LogP contribution is 2.19. The van der Waals surface area contributed by atoms with Gasteiger partial charge in [-0.15, -0.1) is 0 Å². The van der Waals surface area contributed by atoms with E-state index in [4.69, 9.17) is 0 Å². The molecular weight excluding hydrogens is 350 g/mol. The molecule has 6 nitrogen and oxygen atoms in total. The van der Waals surface area contributed by atoms with E-state index in [9.17, 15) is 13.2 Å². The first-order chi connectivity index (χ1) is 12.3. The van der Waals surface area contributed by atoms with E-state index in [0.717, 1.165) is 39.1 Å². The summed E-state index contributed by atoms with van der Waals surface area (Å²) in [6.07, 6.45) is 3.03. The highest BCUT2D eigenvalue weighted by atomic mass is 32.2. The van der Waals surface area contributed by atoms with Gasteiger partial charge in [-0.05, 0) is 37.1 Å². The zero-order chi connectivity index (χ0) is 19.2. The summed E-state index contributed by atoms with van der Waals surface area (Å²) < 4.78 is 25.7. The number of piperazine rings is 1. The fraction of sp³-hybridized carbons (Fsp3) is 0.632. The lowest BCUT2D eigenvalue weighted by Gasteiger charge is -2.34. The summed E-state index contributed by atoms with van der Waals surface area (Å²) >= 11 is 0. The molecule has 1 aromatic carbocycles. The maximum Gasteiger partial charge on any atom is 0.232 e. The van der Waals surface area contributed by atoms with Gasteiger partial charge in [0.15, 0.2) is 0 Å². The molecule has 0 aliphatic carbocycles. The molecule has 1 fully saturated rings. The van der Waals surface area contributed by atoms with Crippen molar-refractivity contribution in [2.75, 3.05) is 49.8 Å². The van der Waals surface area contributed by atoms with Gasteiger partial charge >= 0.3 is 0 Å². The van der Waals surface area contributed by atoms with Crippen molar-refractivity contribution >= 4 is 21.6 Å². The summed E-state index contributed by atoms with van der Waals surface area (Å²) in [6.45, 7) is 8.90. The predicted octanol–water partition coefficient (Wildman–Crippen LogP) is 1.96. The smallest absolute Gasteiger partial charge is 0.232 e. The van der Waals surface area contributed by atoms with Crippen LogP contribution in [-0.4, -0.2) is 69.6 Å². The van der Waals surface area contributed by atoms with Gasteiger partial charge in [-0.1, -0.05) is 26.0 Å². The Labute approximate surface area is 157 Å². The average molecular weight is 382 g/mol. The summed E-state index contributed by atoms with van der Waals surface area (Å²) in [5, 5.41) is 0. The number of nitrogens with zero attached hydrogens (tertiary/aromatic N) is 3. The minimum Gasteiger partial charge on any atom is -0.340 e. The third-order valence-electron chi connectivity index (χ3n) is 4.96. The van der Waals surface area contributed by atoms with Gasteiger partial charge in [0.05, 0.1) is 11.9 Å². The molecule has 2 rings (SSSR count). The van der Waals surface area contributed by atoms with Crippen molar-refractivity contribution in [1.29, 1.82) is 0 Å². The van der Waals surface area contributed by atoms with Crippen molar-refractivity contribution in [3.8, 4) is 0 Å². The van der Waals surface area contributed by atoms with E-state index < -0.39 is 10.0 Å². The van der Waals surface area contributed by atoms with Crippen molar-refractivity contribution in [2.45, 2.75) is 33.1 Å². The molecule has 26 heavy (non-hydrogen) atoms. The molecule has 0 bridgehead atoms. The molecule has 0 aromatic heterocycles. The molecule has 1 aromatic rings. The second-order valence-corrected chi connectivity index (χ2v) is 8.68. The largest absolute Gasteiger partial charge is 0.340 e. The number of sulfonamides is 1. The molecule has 146 valence electrons. The molecule has 0 unspecified atom stereocenters. The summed E-state index contributed by atoms with van der Waals surface area (Å²) in [4.78, 5) is 16.6. The van der Waals surface area contributed by atoms with Crippen LogP contribution in [0.5, 0.6) is 0 Å². The fourth-order valence-corrected chi connectivity index (χ4v) is 4.20. The van der Waals surface area contributed by atoms with Crippen LogP contribution >= 0.6 is 0 Å². The maximum absolute atomic E-state index is 12.4. The highest BCUT2D eigenvalue weighted by Gasteiger charge is 2.21. The number of carbonyl (C=O) groups is 1. The summed E-state index contributed by atoms with van der Waals surface area (Å²) in [6, 6.07) is 7.58. The molecule has 1 aliphatic heterocycles. The Hall–Kier alpha value is -1.60. The quantitative estimate of drug-likeness (QED) is 0.691. The molecule has 0 saturated carbocycles. The fourth-order valence-electron chi connectivity index (χ4n) is 3.23. The molecule has 0 atom stereocenters. The van der Waals surface area contributed by atoms with E-state index in [0.29, 0.717) is 25.1 Å². The second-order valence-electron chi connectivity index (χ2n) is 6.77. The van der Waals surface area contributed by atoms with Gasteiger partial charge in [-0.2, -0.15) is 0 Å². The van der Waals surface area contributed by atoms with E-state index in [1.165, 1.54) is 16.1 Å². The lowest BCUT2D eigenvalue weighted by atomic mass is 10.1. The Morgan fingerprint density at radius 3 is 2.19 bits per heavy atom. The van der Waals surface area contributed by atoms with Crippen LogP contribution in [0, 0.1) is 0 Å². The van der Waals surface area contributed by atoms with E-state index in [2.05, 4.69) is 18.7 Å². The lowest BCUT2D eigenvalue weighted by Crippen LogP contribution is -2.48. The summed E-state index contributed by atoms with van der Waals surface area (Å²) in [5.74, 6) is 0.121. The van der Waals surface area contributed by atoms with Crippen LogP contribution in [0.2, 0.25) is 0 Å². The number of likely N-dealkylation sites (N-methyl/N-ethyl adjacent to an activating group) is 1. The van der Waals surface area contributed by atoms with Gasteiger partial charge in [-0.3, -0.25) is 9.10 Å². The Morgan fingerprint density at radius 1 is 1.08 bits per heavy atom. The van der Waals surface area contributed by atoms with Gasteiger partial charge in [-0.25, -0.2) is 8.42 Å². The number of rotatable bonds is 8. The van der Waals surface area contributed by atoms with Gasteiger partial charge < -0.3 is 9.80 Å². The van der Waals surface area contributed by atoms with Crippen LogP contribution in [0.1, 0.15) is 32.3 Å². The molecule has 1 amide bonds. The zero-order valence-electron chi connectivity index (χ0n) is 16.1. The Kier molecular flexibility index (Phi) is 7.46.